The van der Waals surface area contributed by atoms with E-state index in [0.717, 1.165) is 11.3 Å². The van der Waals surface area contributed by atoms with Crippen LogP contribution in [0.1, 0.15) is 32.8 Å². The molecule has 0 N–H and O–H groups in total. The van der Waals surface area contributed by atoms with Crippen molar-refractivity contribution in [1.29, 1.82) is 0 Å². The zero-order valence-electron chi connectivity index (χ0n) is 10.9. The SMILES string of the molecule is COC(=O)CCOc1ccccc1C(C)(C)C. The molecule has 1 aromatic rings. The van der Waals surface area contributed by atoms with Crippen molar-refractivity contribution in [2.24, 2.45) is 0 Å². The van der Waals surface area contributed by atoms with Gasteiger partial charge in [0.05, 0.1) is 20.1 Å². The first-order valence-corrected chi connectivity index (χ1v) is 5.74. The summed E-state index contributed by atoms with van der Waals surface area (Å²) < 4.78 is 10.2. The van der Waals surface area contributed by atoms with Gasteiger partial charge in [0, 0.05) is 0 Å². The Hall–Kier alpha value is -1.51. The molecule has 0 aromatic heterocycles. The maximum absolute atomic E-state index is 11.0. The second-order valence-corrected chi connectivity index (χ2v) is 4.92. The van der Waals surface area contributed by atoms with Gasteiger partial charge in [-0.3, -0.25) is 4.79 Å². The number of hydrogen-bond donors (Lipinski definition) is 0. The average molecular weight is 236 g/mol. The third-order valence-electron chi connectivity index (χ3n) is 2.49. The minimum absolute atomic E-state index is 0.0296. The number of benzene rings is 1. The van der Waals surface area contributed by atoms with E-state index in [4.69, 9.17) is 4.74 Å². The lowest BCUT2D eigenvalue weighted by molar-refractivity contribution is -0.141. The number of rotatable bonds is 4. The van der Waals surface area contributed by atoms with Crippen molar-refractivity contribution in [1.82, 2.24) is 0 Å². The lowest BCUT2D eigenvalue weighted by atomic mass is 9.86. The summed E-state index contributed by atoms with van der Waals surface area (Å²) in [5.41, 5.74) is 1.17. The minimum atomic E-state index is -0.252. The summed E-state index contributed by atoms with van der Waals surface area (Å²) in [5, 5.41) is 0. The number of ether oxygens (including phenoxy) is 2. The molecule has 0 aliphatic heterocycles. The van der Waals surface area contributed by atoms with Crippen molar-refractivity contribution < 1.29 is 14.3 Å². The molecule has 0 aliphatic carbocycles. The third-order valence-corrected chi connectivity index (χ3v) is 2.49. The van der Waals surface area contributed by atoms with Crippen LogP contribution in [0.15, 0.2) is 24.3 Å². The highest BCUT2D eigenvalue weighted by atomic mass is 16.5. The Bertz CT molecular complexity index is 377. The Morgan fingerprint density at radius 3 is 2.47 bits per heavy atom. The molecule has 1 rings (SSSR count). The second kappa shape index (κ2) is 5.71. The first kappa shape index (κ1) is 13.6. The van der Waals surface area contributed by atoms with E-state index in [1.165, 1.54) is 7.11 Å². The number of carbonyl (C=O) groups is 1. The van der Waals surface area contributed by atoms with E-state index < -0.39 is 0 Å². The van der Waals surface area contributed by atoms with Gasteiger partial charge in [-0.05, 0) is 17.0 Å². The Labute approximate surface area is 103 Å². The zero-order chi connectivity index (χ0) is 12.9. The third kappa shape index (κ3) is 4.10. The van der Waals surface area contributed by atoms with Gasteiger partial charge in [-0.2, -0.15) is 0 Å². The maximum Gasteiger partial charge on any atom is 0.308 e. The van der Waals surface area contributed by atoms with Crippen LogP contribution in [0.2, 0.25) is 0 Å². The van der Waals surface area contributed by atoms with Crippen molar-refractivity contribution in [2.45, 2.75) is 32.6 Å². The highest BCUT2D eigenvalue weighted by Gasteiger charge is 2.18. The fourth-order valence-electron chi connectivity index (χ4n) is 1.56. The maximum atomic E-state index is 11.0. The monoisotopic (exact) mass is 236 g/mol. The van der Waals surface area contributed by atoms with Gasteiger partial charge < -0.3 is 9.47 Å². The van der Waals surface area contributed by atoms with Gasteiger partial charge in [0.2, 0.25) is 0 Å². The van der Waals surface area contributed by atoms with Crippen molar-refractivity contribution in [2.75, 3.05) is 13.7 Å². The van der Waals surface area contributed by atoms with Crippen molar-refractivity contribution in [3.8, 4) is 5.75 Å². The molecule has 0 amide bonds. The van der Waals surface area contributed by atoms with Crippen molar-refractivity contribution in [3.05, 3.63) is 29.8 Å². The van der Waals surface area contributed by atoms with Gasteiger partial charge in [-0.25, -0.2) is 0 Å². The quantitative estimate of drug-likeness (QED) is 0.754. The lowest BCUT2D eigenvalue weighted by Gasteiger charge is -2.22. The highest BCUT2D eigenvalue weighted by Crippen LogP contribution is 2.30. The fourth-order valence-corrected chi connectivity index (χ4v) is 1.56. The van der Waals surface area contributed by atoms with Gasteiger partial charge in [-0.1, -0.05) is 39.0 Å². The number of carbonyl (C=O) groups excluding carboxylic acids is 1. The molecule has 0 aliphatic rings. The van der Waals surface area contributed by atoms with Crippen molar-refractivity contribution >= 4 is 5.97 Å². The Morgan fingerprint density at radius 2 is 1.88 bits per heavy atom. The smallest absolute Gasteiger partial charge is 0.308 e. The van der Waals surface area contributed by atoms with Crippen LogP contribution >= 0.6 is 0 Å². The molecule has 0 unspecified atom stereocenters. The van der Waals surface area contributed by atoms with Crippen LogP contribution in [-0.4, -0.2) is 19.7 Å². The molecule has 0 atom stereocenters. The van der Waals surface area contributed by atoms with Crippen molar-refractivity contribution in [3.63, 3.8) is 0 Å². The summed E-state index contributed by atoms with van der Waals surface area (Å²) in [4.78, 5) is 11.0. The average Bonchev–Trinajstić information content (AvgIpc) is 2.28. The largest absolute Gasteiger partial charge is 0.493 e. The van der Waals surface area contributed by atoms with Crippen LogP contribution in [0.4, 0.5) is 0 Å². The Kier molecular flexibility index (Phi) is 4.55. The summed E-state index contributed by atoms with van der Waals surface area (Å²) in [6, 6.07) is 7.90. The van der Waals surface area contributed by atoms with Crippen LogP contribution in [0.3, 0.4) is 0 Å². The molecule has 17 heavy (non-hydrogen) atoms. The predicted octanol–water partition coefficient (Wildman–Crippen LogP) is 2.93. The standard InChI is InChI=1S/C14H20O3/c1-14(2,3)11-7-5-6-8-12(11)17-10-9-13(15)16-4/h5-8H,9-10H2,1-4H3. The lowest BCUT2D eigenvalue weighted by Crippen LogP contribution is -2.14. The Morgan fingerprint density at radius 1 is 1.24 bits per heavy atom. The number of esters is 1. The minimum Gasteiger partial charge on any atom is -0.493 e. The summed E-state index contributed by atoms with van der Waals surface area (Å²) in [5.74, 6) is 0.585. The van der Waals surface area contributed by atoms with Crippen LogP contribution in [-0.2, 0) is 14.9 Å². The Balaban J connectivity index is 2.68. The summed E-state index contributed by atoms with van der Waals surface area (Å²) in [6.45, 7) is 6.75. The van der Waals surface area contributed by atoms with E-state index in [1.54, 1.807) is 0 Å². The van der Waals surface area contributed by atoms with Crippen LogP contribution in [0.5, 0.6) is 5.75 Å². The van der Waals surface area contributed by atoms with E-state index in [1.807, 2.05) is 24.3 Å². The van der Waals surface area contributed by atoms with Gasteiger partial charge in [0.1, 0.15) is 5.75 Å². The normalized spacial score (nSPS) is 11.1. The van der Waals surface area contributed by atoms with Crippen LogP contribution in [0.25, 0.3) is 0 Å². The topological polar surface area (TPSA) is 35.5 Å². The molecule has 0 fully saturated rings. The molecule has 0 bridgehead atoms. The molecule has 3 heteroatoms. The fraction of sp³-hybridized carbons (Fsp3) is 0.500. The summed E-state index contributed by atoms with van der Waals surface area (Å²) >= 11 is 0. The number of hydrogen-bond acceptors (Lipinski definition) is 3. The molecular formula is C14H20O3. The van der Waals surface area contributed by atoms with E-state index >= 15 is 0 Å². The molecule has 3 nitrogen and oxygen atoms in total. The van der Waals surface area contributed by atoms with Gasteiger partial charge in [-0.15, -0.1) is 0 Å². The second-order valence-electron chi connectivity index (χ2n) is 4.92. The molecule has 94 valence electrons. The first-order valence-electron chi connectivity index (χ1n) is 5.74. The van der Waals surface area contributed by atoms with Crippen LogP contribution in [0, 0.1) is 0 Å². The zero-order valence-corrected chi connectivity index (χ0v) is 10.9. The molecule has 0 saturated carbocycles. The van der Waals surface area contributed by atoms with Gasteiger partial charge in [0.25, 0.3) is 0 Å². The van der Waals surface area contributed by atoms with E-state index in [-0.39, 0.29) is 17.8 Å². The first-order chi connectivity index (χ1) is 7.95. The predicted molar refractivity (Wildman–Crippen MR) is 67.3 cm³/mol. The molecule has 0 saturated heterocycles. The molecule has 1 aromatic carbocycles. The molecule has 0 heterocycles. The van der Waals surface area contributed by atoms with Gasteiger partial charge >= 0.3 is 5.97 Å². The van der Waals surface area contributed by atoms with Crippen LogP contribution < -0.4 is 4.74 Å². The molecule has 0 spiro atoms. The number of methoxy groups -OCH3 is 1. The van der Waals surface area contributed by atoms with E-state index in [0.29, 0.717) is 6.61 Å². The van der Waals surface area contributed by atoms with E-state index in [9.17, 15) is 4.79 Å². The highest BCUT2D eigenvalue weighted by molar-refractivity contribution is 5.69. The number of para-hydroxylation sites is 1. The van der Waals surface area contributed by atoms with Gasteiger partial charge in [0.15, 0.2) is 0 Å². The summed E-state index contributed by atoms with van der Waals surface area (Å²) in [7, 11) is 1.38. The summed E-state index contributed by atoms with van der Waals surface area (Å²) in [6.07, 6.45) is 0.273. The molecular weight excluding hydrogens is 216 g/mol. The molecule has 0 radical (unpaired) electrons. The van der Waals surface area contributed by atoms with E-state index in [2.05, 4.69) is 25.5 Å².